The number of benzene rings is 1. The van der Waals surface area contributed by atoms with Crippen molar-refractivity contribution in [3.8, 4) is 11.5 Å². The van der Waals surface area contributed by atoms with Crippen molar-refractivity contribution in [1.82, 2.24) is 0 Å². The molecule has 0 aliphatic carbocycles. The molecule has 0 amide bonds. The molecule has 0 spiro atoms. The fourth-order valence-electron chi connectivity index (χ4n) is 2.83. The third-order valence-corrected chi connectivity index (χ3v) is 3.94. The number of halogens is 1. The summed E-state index contributed by atoms with van der Waals surface area (Å²) in [4.78, 5) is 0. The highest BCUT2D eigenvalue weighted by Crippen LogP contribution is 2.50. The third-order valence-electron chi connectivity index (χ3n) is 3.68. The topological polar surface area (TPSA) is 62.9 Å². The summed E-state index contributed by atoms with van der Waals surface area (Å²) in [5.41, 5.74) is 7.40. The maximum Gasteiger partial charge on any atom is 0.204 e. The third kappa shape index (κ3) is 2.78. The maximum absolute atomic E-state index is 5.98. The Morgan fingerprint density at radius 1 is 1.24 bits per heavy atom. The lowest BCUT2D eigenvalue weighted by Gasteiger charge is -2.47. The van der Waals surface area contributed by atoms with Crippen molar-refractivity contribution in [2.45, 2.75) is 38.3 Å². The van der Waals surface area contributed by atoms with Crippen molar-refractivity contribution in [2.75, 3.05) is 24.8 Å². The van der Waals surface area contributed by atoms with Crippen LogP contribution in [0.3, 0.4) is 0 Å². The van der Waals surface area contributed by atoms with Crippen LogP contribution in [0.2, 0.25) is 0 Å². The van der Waals surface area contributed by atoms with Crippen LogP contribution in [0.25, 0.3) is 0 Å². The highest BCUT2D eigenvalue weighted by Gasteiger charge is 2.48. The summed E-state index contributed by atoms with van der Waals surface area (Å²) < 4.78 is 23.2. The van der Waals surface area contributed by atoms with Gasteiger partial charge < -0.3 is 24.7 Å². The van der Waals surface area contributed by atoms with Crippen molar-refractivity contribution in [3.63, 3.8) is 0 Å². The molecule has 5 nitrogen and oxygen atoms in total. The second kappa shape index (κ2) is 5.91. The number of nitrogens with two attached hydrogens (primary N) is 1. The van der Waals surface area contributed by atoms with E-state index >= 15 is 0 Å². The quantitative estimate of drug-likeness (QED) is 0.514. The summed E-state index contributed by atoms with van der Waals surface area (Å²) >= 11 is 5.76. The number of anilines is 1. The number of fused-ring (bicyclic) bond motifs is 1. The second-order valence-corrected chi connectivity index (χ2v) is 5.67. The Morgan fingerprint density at radius 3 is 2.71 bits per heavy atom. The molecule has 116 valence electrons. The van der Waals surface area contributed by atoms with Gasteiger partial charge in [0.1, 0.15) is 13.2 Å². The van der Waals surface area contributed by atoms with Gasteiger partial charge in [-0.1, -0.05) is 0 Å². The van der Waals surface area contributed by atoms with E-state index in [9.17, 15) is 0 Å². The normalized spacial score (nSPS) is 27.2. The predicted molar refractivity (Wildman–Crippen MR) is 79.7 cm³/mol. The summed E-state index contributed by atoms with van der Waals surface area (Å²) in [7, 11) is 0. The highest BCUT2D eigenvalue weighted by atomic mass is 35.5. The number of hydrogen-bond acceptors (Lipinski definition) is 5. The molecule has 1 fully saturated rings. The van der Waals surface area contributed by atoms with Crippen molar-refractivity contribution >= 4 is 17.3 Å². The minimum atomic E-state index is -0.800. The molecule has 0 unspecified atom stereocenters. The lowest BCUT2D eigenvalue weighted by molar-refractivity contribution is -0.459. The van der Waals surface area contributed by atoms with E-state index in [4.69, 9.17) is 36.3 Å². The first kappa shape index (κ1) is 14.8. The molecule has 2 aliphatic rings. The van der Waals surface area contributed by atoms with E-state index < -0.39 is 5.79 Å². The number of hydrogen-bond donors (Lipinski definition) is 1. The lowest BCUT2D eigenvalue weighted by atomic mass is 9.95. The molecule has 2 aliphatic heterocycles. The monoisotopic (exact) mass is 313 g/mol. The zero-order valence-corrected chi connectivity index (χ0v) is 12.8. The maximum atomic E-state index is 5.98. The van der Waals surface area contributed by atoms with Crippen LogP contribution in [0.4, 0.5) is 5.69 Å². The molecule has 1 aromatic rings. The van der Waals surface area contributed by atoms with E-state index in [1.807, 2.05) is 13.0 Å². The Bertz CT molecular complexity index is 517. The molecule has 6 heteroatoms. The minimum absolute atomic E-state index is 0.234. The summed E-state index contributed by atoms with van der Waals surface area (Å²) in [6.45, 7) is 2.90. The van der Waals surface area contributed by atoms with Gasteiger partial charge in [-0.3, -0.25) is 0 Å². The van der Waals surface area contributed by atoms with Gasteiger partial charge in [-0.05, 0) is 25.8 Å². The zero-order valence-electron chi connectivity index (χ0n) is 12.1. The molecule has 1 saturated heterocycles. The number of nitrogen functional groups attached to an aromatic ring is 1. The number of alkyl halides is 1. The van der Waals surface area contributed by atoms with Crippen LogP contribution in [0.5, 0.6) is 11.5 Å². The van der Waals surface area contributed by atoms with Gasteiger partial charge in [0.05, 0.1) is 5.56 Å². The largest absolute Gasteiger partial charge is 0.486 e. The Kier molecular flexibility index (Phi) is 4.15. The first-order valence-electron chi connectivity index (χ1n) is 7.26. The van der Waals surface area contributed by atoms with Crippen LogP contribution < -0.4 is 15.2 Å². The molecular formula is C15H20ClNO4. The number of unbranched alkanes of at least 4 members (excludes halogenated alkanes) is 1. The van der Waals surface area contributed by atoms with Gasteiger partial charge in [-0.25, -0.2) is 0 Å². The Hall–Kier alpha value is -1.17. The smallest absolute Gasteiger partial charge is 0.204 e. The van der Waals surface area contributed by atoms with Gasteiger partial charge in [-0.15, -0.1) is 11.6 Å². The van der Waals surface area contributed by atoms with Crippen molar-refractivity contribution < 1.29 is 18.9 Å². The van der Waals surface area contributed by atoms with E-state index in [2.05, 4.69) is 0 Å². The van der Waals surface area contributed by atoms with E-state index in [-0.39, 0.29) is 6.29 Å². The fourth-order valence-corrected chi connectivity index (χ4v) is 3.02. The number of ether oxygens (including phenoxy) is 4. The van der Waals surface area contributed by atoms with Crippen molar-refractivity contribution in [1.29, 1.82) is 0 Å². The summed E-state index contributed by atoms with van der Waals surface area (Å²) in [5, 5.41) is 0. The lowest BCUT2D eigenvalue weighted by Crippen LogP contribution is -2.50. The van der Waals surface area contributed by atoms with Crippen LogP contribution in [0, 0.1) is 0 Å². The average Bonchev–Trinajstić information content (AvgIpc) is 2.44. The molecule has 21 heavy (non-hydrogen) atoms. The van der Waals surface area contributed by atoms with Gasteiger partial charge in [0.25, 0.3) is 0 Å². The predicted octanol–water partition coefficient (Wildman–Crippen LogP) is 2.99. The molecule has 0 aromatic heterocycles. The molecule has 0 radical (unpaired) electrons. The van der Waals surface area contributed by atoms with Crippen LogP contribution in [-0.4, -0.2) is 25.4 Å². The summed E-state index contributed by atoms with van der Waals surface area (Å²) in [5.74, 6) is 1.15. The molecular weight excluding hydrogens is 294 g/mol. The average molecular weight is 314 g/mol. The van der Waals surface area contributed by atoms with Gasteiger partial charge >= 0.3 is 0 Å². The first-order valence-corrected chi connectivity index (χ1v) is 7.79. The second-order valence-electron chi connectivity index (χ2n) is 5.29. The van der Waals surface area contributed by atoms with Crippen LogP contribution in [-0.2, 0) is 15.3 Å². The molecule has 2 N–H and O–H groups in total. The molecule has 0 atom stereocenters. The molecule has 0 bridgehead atoms. The molecule has 2 heterocycles. The van der Waals surface area contributed by atoms with Gasteiger partial charge in [0.2, 0.25) is 5.79 Å². The van der Waals surface area contributed by atoms with Gasteiger partial charge in [0, 0.05) is 24.1 Å². The van der Waals surface area contributed by atoms with E-state index in [0.717, 1.165) is 18.4 Å². The molecule has 0 saturated carbocycles. The standard InChI is InChI=1S/C15H20ClNO4/c1-10-20-15(21-10,4-2-3-5-16)12-8-11(17)9-13-14(12)19-7-6-18-13/h8-10H,2-7,17H2,1H3. The Morgan fingerprint density at radius 2 is 2.00 bits per heavy atom. The van der Waals surface area contributed by atoms with E-state index in [1.165, 1.54) is 0 Å². The Balaban J connectivity index is 1.94. The van der Waals surface area contributed by atoms with Crippen molar-refractivity contribution in [3.05, 3.63) is 17.7 Å². The first-order chi connectivity index (χ1) is 10.1. The Labute approximate surface area is 129 Å². The van der Waals surface area contributed by atoms with E-state index in [1.54, 1.807) is 6.07 Å². The van der Waals surface area contributed by atoms with Gasteiger partial charge in [-0.2, -0.15) is 0 Å². The van der Waals surface area contributed by atoms with Crippen LogP contribution in [0.15, 0.2) is 12.1 Å². The molecule has 1 aromatic carbocycles. The highest BCUT2D eigenvalue weighted by molar-refractivity contribution is 6.17. The van der Waals surface area contributed by atoms with E-state index in [0.29, 0.717) is 42.7 Å². The zero-order chi connectivity index (χ0) is 14.9. The molecule has 3 rings (SSSR count). The van der Waals surface area contributed by atoms with Crippen LogP contribution >= 0.6 is 11.6 Å². The van der Waals surface area contributed by atoms with Gasteiger partial charge in [0.15, 0.2) is 17.8 Å². The fraction of sp³-hybridized carbons (Fsp3) is 0.600. The minimum Gasteiger partial charge on any atom is -0.486 e. The summed E-state index contributed by atoms with van der Waals surface area (Å²) in [6, 6.07) is 3.62. The summed E-state index contributed by atoms with van der Waals surface area (Å²) in [6.07, 6.45) is 2.29. The van der Waals surface area contributed by atoms with Crippen LogP contribution in [0.1, 0.15) is 31.7 Å². The van der Waals surface area contributed by atoms with Crippen molar-refractivity contribution in [2.24, 2.45) is 0 Å². The number of rotatable bonds is 5. The SMILES string of the molecule is CC1OC(CCCCCl)(c2cc(N)cc3c2OCCO3)O1.